The van der Waals surface area contributed by atoms with E-state index in [1.165, 1.54) is 24.0 Å². The van der Waals surface area contributed by atoms with Crippen LogP contribution >= 0.6 is 22.9 Å². The topological polar surface area (TPSA) is 84.1 Å². The van der Waals surface area contributed by atoms with Crippen molar-refractivity contribution < 1.29 is 9.53 Å². The summed E-state index contributed by atoms with van der Waals surface area (Å²) in [7, 11) is 1.54. The third-order valence-corrected chi connectivity index (χ3v) is 6.38. The van der Waals surface area contributed by atoms with Crippen LogP contribution in [0.1, 0.15) is 35.5 Å². The van der Waals surface area contributed by atoms with E-state index in [4.69, 9.17) is 16.3 Å². The summed E-state index contributed by atoms with van der Waals surface area (Å²) in [5.74, 6) is 0.918. The first-order chi connectivity index (χ1) is 13.5. The van der Waals surface area contributed by atoms with Crippen molar-refractivity contribution in [1.82, 2.24) is 9.97 Å². The van der Waals surface area contributed by atoms with Gasteiger partial charge in [0.25, 0.3) is 5.56 Å². The van der Waals surface area contributed by atoms with Gasteiger partial charge in [-0.1, -0.05) is 11.6 Å². The Hall–Kier alpha value is -2.38. The van der Waals surface area contributed by atoms with Gasteiger partial charge in [-0.15, -0.1) is 11.3 Å². The van der Waals surface area contributed by atoms with Crippen LogP contribution in [0.4, 0.5) is 5.69 Å². The van der Waals surface area contributed by atoms with Crippen LogP contribution in [-0.4, -0.2) is 23.0 Å². The van der Waals surface area contributed by atoms with E-state index >= 15 is 0 Å². The summed E-state index contributed by atoms with van der Waals surface area (Å²) in [6.07, 6.45) is 4.84. The molecule has 6 nitrogen and oxygen atoms in total. The number of hydrogen-bond donors (Lipinski definition) is 2. The molecule has 2 N–H and O–H groups in total. The molecule has 0 bridgehead atoms. The molecule has 146 valence electrons. The molecule has 4 rings (SSSR count). The van der Waals surface area contributed by atoms with E-state index in [1.807, 2.05) is 0 Å². The molecule has 2 aromatic heterocycles. The van der Waals surface area contributed by atoms with E-state index in [9.17, 15) is 9.59 Å². The number of rotatable bonds is 5. The predicted octanol–water partition coefficient (Wildman–Crippen LogP) is 4.10. The van der Waals surface area contributed by atoms with Crippen LogP contribution in [0.3, 0.4) is 0 Å². The number of halogens is 1. The zero-order chi connectivity index (χ0) is 19.7. The SMILES string of the molecule is COc1ccc(NC(=O)CCc2nc3sc4c(c3c(=O)[nH]2)CCCC4)cc1Cl. The number of aromatic nitrogens is 2. The fourth-order valence-corrected chi connectivity index (χ4v) is 5.07. The first-order valence-electron chi connectivity index (χ1n) is 9.22. The van der Waals surface area contributed by atoms with Gasteiger partial charge in [-0.3, -0.25) is 9.59 Å². The fraction of sp³-hybridized carbons (Fsp3) is 0.350. The highest BCUT2D eigenvalue weighted by molar-refractivity contribution is 7.18. The number of fused-ring (bicyclic) bond motifs is 3. The molecule has 1 aliphatic rings. The molecule has 0 saturated carbocycles. The second-order valence-corrected chi connectivity index (χ2v) is 8.29. The first kappa shape index (κ1) is 19.0. The third-order valence-electron chi connectivity index (χ3n) is 4.90. The number of carbonyl (C=O) groups is 1. The lowest BCUT2D eigenvalue weighted by atomic mass is 9.97. The molecule has 28 heavy (non-hydrogen) atoms. The number of amides is 1. The summed E-state index contributed by atoms with van der Waals surface area (Å²) in [4.78, 5) is 34.3. The quantitative estimate of drug-likeness (QED) is 0.654. The van der Waals surface area contributed by atoms with Crippen LogP contribution in [-0.2, 0) is 24.1 Å². The summed E-state index contributed by atoms with van der Waals surface area (Å²) in [5, 5.41) is 3.97. The van der Waals surface area contributed by atoms with Gasteiger partial charge in [0.1, 0.15) is 16.4 Å². The Balaban J connectivity index is 1.46. The second kappa shape index (κ2) is 7.93. The molecule has 0 aliphatic heterocycles. The number of aryl methyl sites for hydroxylation is 3. The van der Waals surface area contributed by atoms with Gasteiger partial charge in [0, 0.05) is 23.4 Å². The number of methoxy groups -OCH3 is 1. The molecule has 0 saturated heterocycles. The lowest BCUT2D eigenvalue weighted by molar-refractivity contribution is -0.116. The maximum atomic E-state index is 12.6. The minimum atomic E-state index is -0.172. The average Bonchev–Trinajstić information content (AvgIpc) is 3.05. The number of thiophene rings is 1. The minimum absolute atomic E-state index is 0.0956. The average molecular weight is 418 g/mol. The Kier molecular flexibility index (Phi) is 5.37. The largest absolute Gasteiger partial charge is 0.495 e. The highest BCUT2D eigenvalue weighted by Crippen LogP contribution is 2.33. The molecular formula is C20H20ClN3O3S. The number of nitrogens with zero attached hydrogens (tertiary/aromatic N) is 1. The summed E-state index contributed by atoms with van der Waals surface area (Å²) in [6.45, 7) is 0. The summed E-state index contributed by atoms with van der Waals surface area (Å²) in [6, 6.07) is 5.06. The Morgan fingerprint density at radius 1 is 1.36 bits per heavy atom. The number of hydrogen-bond acceptors (Lipinski definition) is 5. The molecule has 1 aliphatic carbocycles. The van der Waals surface area contributed by atoms with E-state index in [0.29, 0.717) is 28.7 Å². The summed E-state index contributed by atoms with van der Waals surface area (Å²) >= 11 is 7.69. The minimum Gasteiger partial charge on any atom is -0.495 e. The van der Waals surface area contributed by atoms with Gasteiger partial charge < -0.3 is 15.0 Å². The highest BCUT2D eigenvalue weighted by Gasteiger charge is 2.20. The summed E-state index contributed by atoms with van der Waals surface area (Å²) in [5.41, 5.74) is 1.67. The maximum Gasteiger partial charge on any atom is 0.259 e. The zero-order valence-electron chi connectivity index (χ0n) is 15.4. The number of carbonyl (C=O) groups excluding carboxylic acids is 1. The molecule has 1 amide bonds. The highest BCUT2D eigenvalue weighted by atomic mass is 35.5. The lowest BCUT2D eigenvalue weighted by Gasteiger charge is -2.09. The molecular weight excluding hydrogens is 398 g/mol. The Morgan fingerprint density at radius 2 is 2.18 bits per heavy atom. The van der Waals surface area contributed by atoms with Crippen molar-refractivity contribution in [1.29, 1.82) is 0 Å². The van der Waals surface area contributed by atoms with Gasteiger partial charge >= 0.3 is 0 Å². The molecule has 0 spiro atoms. The van der Waals surface area contributed by atoms with E-state index in [0.717, 1.165) is 29.5 Å². The van der Waals surface area contributed by atoms with Gasteiger partial charge in [0.05, 0.1) is 17.5 Å². The third kappa shape index (κ3) is 3.77. The van der Waals surface area contributed by atoms with Gasteiger partial charge in [-0.25, -0.2) is 4.98 Å². The standard InChI is InChI=1S/C20H20ClN3O3S/c1-27-14-7-6-11(10-13(14)21)22-17(25)9-8-16-23-19(26)18-12-4-2-3-5-15(12)28-20(18)24-16/h6-7,10H,2-5,8-9H2,1H3,(H,22,25)(H,23,24,26). The number of nitrogens with one attached hydrogen (secondary N) is 2. The van der Waals surface area contributed by atoms with E-state index < -0.39 is 0 Å². The van der Waals surface area contributed by atoms with Crippen LogP contribution in [0.5, 0.6) is 5.75 Å². The Labute approximate surface area is 170 Å². The smallest absolute Gasteiger partial charge is 0.259 e. The molecule has 8 heteroatoms. The van der Waals surface area contributed by atoms with Crippen molar-refractivity contribution in [2.45, 2.75) is 38.5 Å². The van der Waals surface area contributed by atoms with E-state index in [1.54, 1.807) is 29.5 Å². The Bertz CT molecular complexity index is 1110. The lowest BCUT2D eigenvalue weighted by Crippen LogP contribution is -2.16. The van der Waals surface area contributed by atoms with Crippen molar-refractivity contribution in [3.63, 3.8) is 0 Å². The van der Waals surface area contributed by atoms with Crippen molar-refractivity contribution in [3.05, 3.63) is 49.8 Å². The molecule has 1 aromatic carbocycles. The van der Waals surface area contributed by atoms with Crippen LogP contribution < -0.4 is 15.6 Å². The molecule has 0 fully saturated rings. The van der Waals surface area contributed by atoms with Crippen LogP contribution in [0.2, 0.25) is 5.02 Å². The number of benzene rings is 1. The van der Waals surface area contributed by atoms with Gasteiger partial charge in [-0.05, 0) is 49.4 Å². The predicted molar refractivity (Wildman–Crippen MR) is 112 cm³/mol. The van der Waals surface area contributed by atoms with Crippen molar-refractivity contribution in [2.24, 2.45) is 0 Å². The van der Waals surface area contributed by atoms with E-state index in [-0.39, 0.29) is 17.9 Å². The zero-order valence-corrected chi connectivity index (χ0v) is 17.0. The van der Waals surface area contributed by atoms with Crippen molar-refractivity contribution in [2.75, 3.05) is 12.4 Å². The molecule has 2 heterocycles. The Morgan fingerprint density at radius 3 is 2.96 bits per heavy atom. The first-order valence-corrected chi connectivity index (χ1v) is 10.4. The molecule has 0 radical (unpaired) electrons. The molecule has 3 aromatic rings. The number of anilines is 1. The monoisotopic (exact) mass is 417 g/mol. The molecule has 0 unspecified atom stereocenters. The number of ether oxygens (including phenoxy) is 1. The number of aromatic amines is 1. The normalized spacial score (nSPS) is 13.4. The van der Waals surface area contributed by atoms with Gasteiger partial charge in [0.15, 0.2) is 0 Å². The van der Waals surface area contributed by atoms with Crippen LogP contribution in [0, 0.1) is 0 Å². The second-order valence-electron chi connectivity index (χ2n) is 6.80. The van der Waals surface area contributed by atoms with Gasteiger partial charge in [0.2, 0.25) is 5.91 Å². The molecule has 0 atom stereocenters. The maximum absolute atomic E-state index is 12.6. The van der Waals surface area contributed by atoms with Crippen molar-refractivity contribution in [3.8, 4) is 5.75 Å². The van der Waals surface area contributed by atoms with Gasteiger partial charge in [-0.2, -0.15) is 0 Å². The summed E-state index contributed by atoms with van der Waals surface area (Å²) < 4.78 is 5.10. The van der Waals surface area contributed by atoms with Crippen LogP contribution in [0.15, 0.2) is 23.0 Å². The fourth-order valence-electron chi connectivity index (χ4n) is 3.53. The number of H-pyrrole nitrogens is 1. The van der Waals surface area contributed by atoms with Crippen molar-refractivity contribution >= 4 is 44.7 Å². The van der Waals surface area contributed by atoms with E-state index in [2.05, 4.69) is 15.3 Å². The van der Waals surface area contributed by atoms with Crippen LogP contribution in [0.25, 0.3) is 10.2 Å².